The van der Waals surface area contributed by atoms with E-state index >= 15 is 0 Å². The van der Waals surface area contributed by atoms with Gasteiger partial charge in [-0.3, -0.25) is 4.79 Å². The second-order valence-corrected chi connectivity index (χ2v) is 5.71. The van der Waals surface area contributed by atoms with Gasteiger partial charge >= 0.3 is 5.97 Å². The Morgan fingerprint density at radius 2 is 2.09 bits per heavy atom. The standard InChI is InChI=1S/C17H19NO4/c1-9-7-8-13(22-9)16-14(17(20)21-3)10(2)18-11-5-4-6-12(19)15(11)16/h7-8,16,18H,4-6H2,1-3H3. The van der Waals surface area contributed by atoms with Gasteiger partial charge in [-0.2, -0.15) is 0 Å². The highest BCUT2D eigenvalue weighted by Gasteiger charge is 2.40. The highest BCUT2D eigenvalue weighted by molar-refractivity contribution is 6.03. The molecule has 1 N–H and O–H groups in total. The maximum absolute atomic E-state index is 12.5. The van der Waals surface area contributed by atoms with E-state index in [9.17, 15) is 9.59 Å². The lowest BCUT2D eigenvalue weighted by Crippen LogP contribution is -2.34. The Bertz CT molecular complexity index is 708. The molecular weight excluding hydrogens is 282 g/mol. The third-order valence-corrected chi connectivity index (χ3v) is 4.23. The van der Waals surface area contributed by atoms with Crippen molar-refractivity contribution >= 4 is 11.8 Å². The Morgan fingerprint density at radius 1 is 1.32 bits per heavy atom. The number of nitrogens with one attached hydrogen (secondary N) is 1. The topological polar surface area (TPSA) is 68.5 Å². The quantitative estimate of drug-likeness (QED) is 0.851. The lowest BCUT2D eigenvalue weighted by molar-refractivity contribution is -0.136. The maximum atomic E-state index is 12.5. The number of rotatable bonds is 2. The fraction of sp³-hybridized carbons (Fsp3) is 0.412. The molecule has 1 aromatic rings. The van der Waals surface area contributed by atoms with E-state index in [1.165, 1.54) is 7.11 Å². The number of carbonyl (C=O) groups is 2. The summed E-state index contributed by atoms with van der Waals surface area (Å²) in [4.78, 5) is 24.7. The van der Waals surface area contributed by atoms with Gasteiger partial charge in [0.25, 0.3) is 0 Å². The van der Waals surface area contributed by atoms with Crippen LogP contribution >= 0.6 is 0 Å². The average molecular weight is 301 g/mol. The van der Waals surface area contributed by atoms with Crippen molar-refractivity contribution < 1.29 is 18.7 Å². The number of allylic oxidation sites excluding steroid dienone is 3. The molecule has 5 nitrogen and oxygen atoms in total. The summed E-state index contributed by atoms with van der Waals surface area (Å²) in [5, 5.41) is 3.22. The van der Waals surface area contributed by atoms with Gasteiger partial charge in [0.1, 0.15) is 11.5 Å². The van der Waals surface area contributed by atoms with Crippen LogP contribution in [0.4, 0.5) is 0 Å². The number of ketones is 1. The molecule has 0 bridgehead atoms. The Balaban J connectivity index is 2.18. The molecule has 0 saturated carbocycles. The van der Waals surface area contributed by atoms with Crippen LogP contribution in [0.15, 0.2) is 39.1 Å². The minimum atomic E-state index is -0.481. The predicted octanol–water partition coefficient (Wildman–Crippen LogP) is 2.73. The molecule has 0 saturated heterocycles. The number of ether oxygens (including phenoxy) is 1. The number of Topliss-reactive ketones (excluding diaryl/α,β-unsaturated/α-hetero) is 1. The lowest BCUT2D eigenvalue weighted by Gasteiger charge is -2.32. The number of furan rings is 1. The molecule has 22 heavy (non-hydrogen) atoms. The van der Waals surface area contributed by atoms with E-state index in [1.807, 2.05) is 26.0 Å². The van der Waals surface area contributed by atoms with Gasteiger partial charge < -0.3 is 14.5 Å². The van der Waals surface area contributed by atoms with Gasteiger partial charge in [-0.1, -0.05) is 0 Å². The number of hydrogen-bond acceptors (Lipinski definition) is 5. The number of aryl methyl sites for hydroxylation is 1. The van der Waals surface area contributed by atoms with Crippen LogP contribution in [-0.4, -0.2) is 18.9 Å². The normalized spacial score (nSPS) is 21.6. The van der Waals surface area contributed by atoms with Crippen molar-refractivity contribution in [1.29, 1.82) is 0 Å². The van der Waals surface area contributed by atoms with Gasteiger partial charge in [0.05, 0.1) is 18.6 Å². The van der Waals surface area contributed by atoms with E-state index in [2.05, 4.69) is 5.32 Å². The zero-order valence-corrected chi connectivity index (χ0v) is 13.0. The molecule has 1 atom stereocenters. The van der Waals surface area contributed by atoms with Crippen LogP contribution in [0.2, 0.25) is 0 Å². The third-order valence-electron chi connectivity index (χ3n) is 4.23. The van der Waals surface area contributed by atoms with Gasteiger partial charge in [0.2, 0.25) is 0 Å². The summed E-state index contributed by atoms with van der Waals surface area (Å²) < 4.78 is 10.7. The van der Waals surface area contributed by atoms with Crippen LogP contribution in [0.3, 0.4) is 0 Å². The van der Waals surface area contributed by atoms with Crippen molar-refractivity contribution in [2.24, 2.45) is 0 Å². The summed E-state index contributed by atoms with van der Waals surface area (Å²) in [6, 6.07) is 3.67. The first-order valence-corrected chi connectivity index (χ1v) is 7.41. The van der Waals surface area contributed by atoms with E-state index in [4.69, 9.17) is 9.15 Å². The number of methoxy groups -OCH3 is 1. The van der Waals surface area contributed by atoms with E-state index in [1.54, 1.807) is 0 Å². The van der Waals surface area contributed by atoms with E-state index in [-0.39, 0.29) is 5.78 Å². The molecule has 1 unspecified atom stereocenters. The van der Waals surface area contributed by atoms with Gasteiger partial charge in [0, 0.05) is 23.4 Å². The zero-order valence-electron chi connectivity index (χ0n) is 13.0. The maximum Gasteiger partial charge on any atom is 0.336 e. The second-order valence-electron chi connectivity index (χ2n) is 5.71. The summed E-state index contributed by atoms with van der Waals surface area (Å²) in [6.45, 7) is 3.68. The molecule has 0 aromatic carbocycles. The molecule has 2 aliphatic rings. The molecule has 1 aromatic heterocycles. The van der Waals surface area contributed by atoms with Crippen LogP contribution < -0.4 is 5.32 Å². The Hall–Kier alpha value is -2.30. The molecule has 0 fully saturated rings. The summed E-state index contributed by atoms with van der Waals surface area (Å²) in [7, 11) is 1.35. The Labute approximate surface area is 129 Å². The summed E-state index contributed by atoms with van der Waals surface area (Å²) >= 11 is 0. The van der Waals surface area contributed by atoms with Crippen molar-refractivity contribution in [3.8, 4) is 0 Å². The smallest absolute Gasteiger partial charge is 0.336 e. The van der Waals surface area contributed by atoms with Crippen molar-refractivity contribution in [2.45, 2.75) is 39.0 Å². The van der Waals surface area contributed by atoms with E-state index in [0.717, 1.165) is 30.0 Å². The molecule has 5 heteroatoms. The first kappa shape index (κ1) is 14.6. The Kier molecular flexibility index (Phi) is 3.64. The van der Waals surface area contributed by atoms with Crippen molar-refractivity contribution in [3.63, 3.8) is 0 Å². The Morgan fingerprint density at radius 3 is 2.73 bits per heavy atom. The minimum absolute atomic E-state index is 0.0710. The number of dihydropyridines is 1. The summed E-state index contributed by atoms with van der Waals surface area (Å²) in [6.07, 6.45) is 2.14. The monoisotopic (exact) mass is 301 g/mol. The van der Waals surface area contributed by atoms with Crippen LogP contribution in [-0.2, 0) is 14.3 Å². The minimum Gasteiger partial charge on any atom is -0.466 e. The largest absolute Gasteiger partial charge is 0.466 e. The predicted molar refractivity (Wildman–Crippen MR) is 79.9 cm³/mol. The van der Waals surface area contributed by atoms with Crippen molar-refractivity contribution in [2.75, 3.05) is 7.11 Å². The van der Waals surface area contributed by atoms with Crippen molar-refractivity contribution in [1.82, 2.24) is 5.32 Å². The number of hydrogen-bond donors (Lipinski definition) is 1. The van der Waals surface area contributed by atoms with Crippen LogP contribution in [0.5, 0.6) is 0 Å². The molecule has 3 rings (SSSR count). The van der Waals surface area contributed by atoms with Gasteiger partial charge in [0.15, 0.2) is 5.78 Å². The van der Waals surface area contributed by atoms with Crippen molar-refractivity contribution in [3.05, 3.63) is 46.2 Å². The summed E-state index contributed by atoms with van der Waals surface area (Å²) in [5.41, 5.74) is 2.72. The first-order valence-electron chi connectivity index (χ1n) is 7.41. The highest BCUT2D eigenvalue weighted by atomic mass is 16.5. The zero-order chi connectivity index (χ0) is 15.9. The first-order chi connectivity index (χ1) is 10.5. The van der Waals surface area contributed by atoms with Crippen LogP contribution in [0.1, 0.15) is 43.6 Å². The molecule has 0 spiro atoms. The fourth-order valence-corrected chi connectivity index (χ4v) is 3.26. The number of carbonyl (C=O) groups excluding carboxylic acids is 2. The molecular formula is C17H19NO4. The molecule has 0 radical (unpaired) electrons. The number of esters is 1. The van der Waals surface area contributed by atoms with E-state index < -0.39 is 11.9 Å². The molecule has 2 heterocycles. The molecule has 1 aliphatic carbocycles. The molecule has 116 valence electrons. The van der Waals surface area contributed by atoms with Crippen LogP contribution in [0.25, 0.3) is 0 Å². The van der Waals surface area contributed by atoms with Crippen LogP contribution in [0, 0.1) is 6.92 Å². The molecule has 0 amide bonds. The van der Waals surface area contributed by atoms with Gasteiger partial charge in [-0.25, -0.2) is 4.79 Å². The highest BCUT2D eigenvalue weighted by Crippen LogP contribution is 2.42. The second kappa shape index (κ2) is 5.48. The average Bonchev–Trinajstić information content (AvgIpc) is 2.91. The molecule has 1 aliphatic heterocycles. The lowest BCUT2D eigenvalue weighted by atomic mass is 9.77. The van der Waals surface area contributed by atoms with E-state index in [0.29, 0.717) is 23.3 Å². The summed E-state index contributed by atoms with van der Waals surface area (Å²) in [5.74, 6) is 0.517. The van der Waals surface area contributed by atoms with Gasteiger partial charge in [-0.15, -0.1) is 0 Å². The fourth-order valence-electron chi connectivity index (χ4n) is 3.26. The van der Waals surface area contributed by atoms with Gasteiger partial charge in [-0.05, 0) is 38.8 Å². The SMILES string of the molecule is COC(=O)C1=C(C)NC2=C(C(=O)CCC2)C1c1ccc(C)o1. The third kappa shape index (κ3) is 2.26.